The highest BCUT2D eigenvalue weighted by Gasteiger charge is 2.23. The Kier molecular flexibility index (Phi) is 10.1. The zero-order chi connectivity index (χ0) is 31.9. The molecule has 0 radical (unpaired) electrons. The molecule has 236 valence electrons. The molecule has 1 atom stereocenters. The van der Waals surface area contributed by atoms with Crippen molar-refractivity contribution in [2.45, 2.75) is 45.3 Å². The van der Waals surface area contributed by atoms with Gasteiger partial charge in [-0.05, 0) is 61.2 Å². The van der Waals surface area contributed by atoms with Crippen molar-refractivity contribution in [2.24, 2.45) is 0 Å². The number of carbonyl (C=O) groups is 2. The van der Waals surface area contributed by atoms with Gasteiger partial charge in [0.15, 0.2) is 11.5 Å². The number of piperidine rings is 1. The zero-order valence-corrected chi connectivity index (χ0v) is 25.4. The fourth-order valence-electron chi connectivity index (χ4n) is 5.27. The Bertz CT molecular complexity index is 1690. The molecule has 2 amide bonds. The Hall–Kier alpha value is -4.81. The number of aliphatic hydroxyl groups is 1. The average molecular weight is 616 g/mol. The van der Waals surface area contributed by atoms with Gasteiger partial charge in [-0.2, -0.15) is 14.6 Å². The highest BCUT2D eigenvalue weighted by Crippen LogP contribution is 2.27. The van der Waals surface area contributed by atoms with Crippen molar-refractivity contribution in [3.05, 3.63) is 89.9 Å². The lowest BCUT2D eigenvalue weighted by molar-refractivity contribution is -0.114. The van der Waals surface area contributed by atoms with Crippen LogP contribution in [0.2, 0.25) is 0 Å². The molecule has 3 heterocycles. The molecule has 1 saturated heterocycles. The first-order valence-corrected chi connectivity index (χ1v) is 15.0. The minimum Gasteiger partial charge on any atom is -0.473 e. The first kappa shape index (κ1) is 31.6. The summed E-state index contributed by atoms with van der Waals surface area (Å²) in [4.78, 5) is 31.6. The number of ether oxygens (including phenoxy) is 1. The van der Waals surface area contributed by atoms with E-state index in [1.165, 1.54) is 6.07 Å². The Morgan fingerprint density at radius 2 is 1.91 bits per heavy atom. The molecular weight excluding hydrogens is 577 g/mol. The molecule has 4 N–H and O–H groups in total. The number of carbonyl (C=O) groups excluding carboxylic acids is 2. The van der Waals surface area contributed by atoms with Gasteiger partial charge in [-0.15, -0.1) is 0 Å². The molecule has 0 bridgehead atoms. The third-order valence-electron chi connectivity index (χ3n) is 7.55. The number of nitrogens with one attached hydrogen (secondary N) is 3. The molecule has 1 aliphatic rings. The summed E-state index contributed by atoms with van der Waals surface area (Å²) in [5.74, 6) is -1.02. The van der Waals surface area contributed by atoms with E-state index in [9.17, 15) is 19.1 Å². The van der Waals surface area contributed by atoms with Crippen LogP contribution in [0.5, 0.6) is 5.88 Å². The van der Waals surface area contributed by atoms with Gasteiger partial charge in [-0.3, -0.25) is 14.5 Å². The molecule has 11 nitrogen and oxygen atoms in total. The third-order valence-corrected chi connectivity index (χ3v) is 7.55. The number of benzene rings is 2. The van der Waals surface area contributed by atoms with Crippen LogP contribution in [0.15, 0.2) is 73.2 Å². The van der Waals surface area contributed by atoms with Crippen LogP contribution < -0.4 is 20.7 Å². The standard InChI is InChI=1S/C33H38FN7O4/c1-21(2)28-19-36-41-29(17-30(39-31(28)41)45-27-11-6-12-40(20-27)13-14-42)35-18-23-7-4-9-25(15-23)38-33(44)24-8-5-10-26(16-24)37-32(43)22(3)34/h4-5,7-10,15-17,19,21,27,35,42H,3,6,11-14,18,20H2,1-2H3,(H,37,43)(H,38,44)/t27-/m1/s1. The number of hydrogen-bond donors (Lipinski definition) is 4. The molecule has 2 aromatic heterocycles. The molecular formula is C33H38FN7O4. The number of likely N-dealkylation sites (tertiary alicyclic amines) is 1. The first-order valence-electron chi connectivity index (χ1n) is 15.0. The van der Waals surface area contributed by atoms with Crippen LogP contribution in [0.3, 0.4) is 0 Å². The van der Waals surface area contributed by atoms with E-state index in [4.69, 9.17) is 9.72 Å². The van der Waals surface area contributed by atoms with Crippen LogP contribution in [-0.2, 0) is 11.3 Å². The molecule has 4 aromatic rings. The fourth-order valence-corrected chi connectivity index (χ4v) is 5.27. The van der Waals surface area contributed by atoms with Gasteiger partial charge >= 0.3 is 0 Å². The predicted octanol–water partition coefficient (Wildman–Crippen LogP) is 4.97. The van der Waals surface area contributed by atoms with Crippen LogP contribution in [0.25, 0.3) is 5.65 Å². The van der Waals surface area contributed by atoms with Gasteiger partial charge in [-0.1, -0.05) is 38.6 Å². The van der Waals surface area contributed by atoms with Crippen LogP contribution in [0.4, 0.5) is 21.6 Å². The van der Waals surface area contributed by atoms with Crippen molar-refractivity contribution in [2.75, 3.05) is 42.2 Å². The second-order valence-electron chi connectivity index (χ2n) is 11.3. The second kappa shape index (κ2) is 14.3. The van der Waals surface area contributed by atoms with Gasteiger partial charge in [0.2, 0.25) is 5.88 Å². The number of aromatic nitrogens is 3. The molecule has 0 unspecified atom stereocenters. The number of hydrogen-bond acceptors (Lipinski definition) is 8. The molecule has 0 saturated carbocycles. The molecule has 2 aromatic carbocycles. The summed E-state index contributed by atoms with van der Waals surface area (Å²) in [6.45, 7) is 10.0. The van der Waals surface area contributed by atoms with Crippen molar-refractivity contribution in [3.8, 4) is 5.88 Å². The SMILES string of the molecule is C=C(F)C(=O)Nc1cccc(C(=O)Nc2cccc(CNc3cc(O[C@@H]4CCCN(CCO)C4)nc4c(C(C)C)cnn34)c2)c1. The van der Waals surface area contributed by atoms with E-state index >= 15 is 0 Å². The highest BCUT2D eigenvalue weighted by molar-refractivity contribution is 6.06. The average Bonchev–Trinajstić information content (AvgIpc) is 3.45. The predicted molar refractivity (Wildman–Crippen MR) is 171 cm³/mol. The molecule has 1 fully saturated rings. The number of anilines is 3. The van der Waals surface area contributed by atoms with E-state index in [2.05, 4.69) is 46.4 Å². The number of fused-ring (bicyclic) bond motifs is 1. The van der Waals surface area contributed by atoms with E-state index in [0.29, 0.717) is 36.0 Å². The van der Waals surface area contributed by atoms with E-state index in [0.717, 1.165) is 42.7 Å². The highest BCUT2D eigenvalue weighted by atomic mass is 19.1. The molecule has 5 rings (SSSR count). The number of β-amino-alcohol motifs (C(OH)–C–C–N with tert-alkyl or cyclic N) is 1. The molecule has 0 spiro atoms. The largest absolute Gasteiger partial charge is 0.473 e. The van der Waals surface area contributed by atoms with Gasteiger partial charge in [0.05, 0.1) is 12.8 Å². The van der Waals surface area contributed by atoms with Crippen molar-refractivity contribution in [1.82, 2.24) is 19.5 Å². The van der Waals surface area contributed by atoms with Crippen molar-refractivity contribution >= 4 is 34.7 Å². The zero-order valence-electron chi connectivity index (χ0n) is 25.4. The van der Waals surface area contributed by atoms with Crippen molar-refractivity contribution < 1.29 is 23.8 Å². The second-order valence-corrected chi connectivity index (χ2v) is 11.3. The quantitative estimate of drug-likeness (QED) is 0.164. The third kappa shape index (κ3) is 8.02. The van der Waals surface area contributed by atoms with E-state index < -0.39 is 11.7 Å². The molecule has 45 heavy (non-hydrogen) atoms. The van der Waals surface area contributed by atoms with Crippen LogP contribution in [-0.4, -0.2) is 68.8 Å². The summed E-state index contributed by atoms with van der Waals surface area (Å²) in [5, 5.41) is 22.7. The number of rotatable bonds is 12. The van der Waals surface area contributed by atoms with E-state index in [1.54, 1.807) is 28.8 Å². The lowest BCUT2D eigenvalue weighted by atomic mass is 10.1. The van der Waals surface area contributed by atoms with Crippen molar-refractivity contribution in [1.29, 1.82) is 0 Å². The van der Waals surface area contributed by atoms with Crippen LogP contribution in [0.1, 0.15) is 54.1 Å². The maximum Gasteiger partial charge on any atom is 0.283 e. The summed E-state index contributed by atoms with van der Waals surface area (Å²) in [6, 6.07) is 15.5. The summed E-state index contributed by atoms with van der Waals surface area (Å²) in [6.07, 6.45) is 3.71. The Morgan fingerprint density at radius 1 is 1.13 bits per heavy atom. The van der Waals surface area contributed by atoms with Gasteiger partial charge in [0.25, 0.3) is 11.8 Å². The minimum atomic E-state index is -1.12. The normalized spacial score (nSPS) is 15.2. The maximum atomic E-state index is 13.1. The smallest absolute Gasteiger partial charge is 0.283 e. The number of halogens is 1. The monoisotopic (exact) mass is 615 g/mol. The maximum absolute atomic E-state index is 13.1. The number of amides is 2. The minimum absolute atomic E-state index is 0.0288. The fraction of sp³-hybridized carbons (Fsp3) is 0.333. The number of aliphatic hydroxyl groups excluding tert-OH is 1. The van der Waals surface area contributed by atoms with Crippen LogP contribution >= 0.6 is 0 Å². The summed E-state index contributed by atoms with van der Waals surface area (Å²) in [7, 11) is 0. The molecule has 1 aliphatic heterocycles. The van der Waals surface area contributed by atoms with Gasteiger partial charge in [0, 0.05) is 48.2 Å². The van der Waals surface area contributed by atoms with Gasteiger partial charge in [-0.25, -0.2) is 4.39 Å². The Labute approximate surface area is 261 Å². The lowest BCUT2D eigenvalue weighted by Crippen LogP contribution is -2.42. The van der Waals surface area contributed by atoms with E-state index in [1.807, 2.05) is 30.5 Å². The molecule has 0 aliphatic carbocycles. The Morgan fingerprint density at radius 3 is 2.67 bits per heavy atom. The van der Waals surface area contributed by atoms with Gasteiger partial charge < -0.3 is 25.8 Å². The van der Waals surface area contributed by atoms with Crippen LogP contribution in [0, 0.1) is 0 Å². The van der Waals surface area contributed by atoms with Gasteiger partial charge in [0.1, 0.15) is 11.9 Å². The molecule has 12 heteroatoms. The lowest BCUT2D eigenvalue weighted by Gasteiger charge is -2.32. The Balaban J connectivity index is 1.30. The summed E-state index contributed by atoms with van der Waals surface area (Å²) in [5.41, 5.74) is 3.80. The first-order chi connectivity index (χ1) is 21.7. The topological polar surface area (TPSA) is 133 Å². The van der Waals surface area contributed by atoms with E-state index in [-0.39, 0.29) is 30.2 Å². The van der Waals surface area contributed by atoms with Crippen molar-refractivity contribution in [3.63, 3.8) is 0 Å². The summed E-state index contributed by atoms with van der Waals surface area (Å²) < 4.78 is 21.2. The number of nitrogens with zero attached hydrogens (tertiary/aromatic N) is 4. The summed E-state index contributed by atoms with van der Waals surface area (Å²) >= 11 is 0.